The van der Waals surface area contributed by atoms with E-state index in [1.807, 2.05) is 61.1 Å². The van der Waals surface area contributed by atoms with E-state index in [1.54, 1.807) is 17.4 Å². The molecule has 0 radical (unpaired) electrons. The van der Waals surface area contributed by atoms with Crippen molar-refractivity contribution in [2.24, 2.45) is 0 Å². The highest BCUT2D eigenvalue weighted by Crippen LogP contribution is 2.40. The number of thioether (sulfide) groups is 1. The van der Waals surface area contributed by atoms with E-state index in [2.05, 4.69) is 34.3 Å². The van der Waals surface area contributed by atoms with Crippen molar-refractivity contribution in [3.8, 4) is 11.3 Å². The molecule has 0 saturated heterocycles. The Bertz CT molecular complexity index is 1500. The van der Waals surface area contributed by atoms with Gasteiger partial charge in [0.15, 0.2) is 5.13 Å². The van der Waals surface area contributed by atoms with Gasteiger partial charge in [0.25, 0.3) is 0 Å². The minimum atomic E-state index is -3.59. The smallest absolute Gasteiger partial charge is 0.241 e. The summed E-state index contributed by atoms with van der Waals surface area (Å²) in [6.45, 7) is 1.25. The molecule has 6 nitrogen and oxygen atoms in total. The van der Waals surface area contributed by atoms with Gasteiger partial charge in [-0.2, -0.15) is 0 Å². The predicted molar refractivity (Wildman–Crippen MR) is 158 cm³/mol. The number of anilines is 2. The molecule has 2 N–H and O–H groups in total. The quantitative estimate of drug-likeness (QED) is 0.227. The number of rotatable bonds is 10. The molecule has 37 heavy (non-hydrogen) atoms. The number of fused-ring (bicyclic) bond motifs is 4. The lowest BCUT2D eigenvalue weighted by Crippen LogP contribution is -2.25. The number of nitrogens with zero attached hydrogens (tertiary/aromatic N) is 2. The van der Waals surface area contributed by atoms with Crippen molar-refractivity contribution < 1.29 is 8.42 Å². The predicted octanol–water partition coefficient (Wildman–Crippen LogP) is 6.24. The standard InChI is InChI=1S/C28H32N4O2S3/c1-32(2)23-13-8-12-21-20(23)11-9-15-26(21)37(33,34)30-18-7-3-6-17-29-28-31-27-22-10-4-5-14-24(22)35-19-16-25(27)36-28/h4-5,8-15,30H,3,6-7,16-19H2,1-2H3,(H,29,31). The Morgan fingerprint density at radius 3 is 2.57 bits per heavy atom. The molecule has 3 aromatic carbocycles. The van der Waals surface area contributed by atoms with Gasteiger partial charge in [-0.25, -0.2) is 18.1 Å². The highest BCUT2D eigenvalue weighted by atomic mass is 32.2. The number of thiazole rings is 1. The van der Waals surface area contributed by atoms with Gasteiger partial charge in [0.1, 0.15) is 0 Å². The van der Waals surface area contributed by atoms with Crippen LogP contribution in [0.4, 0.5) is 10.8 Å². The molecule has 0 bridgehead atoms. The second-order valence-corrected chi connectivity index (χ2v) is 13.2. The van der Waals surface area contributed by atoms with Crippen LogP contribution in [0.2, 0.25) is 0 Å². The fraction of sp³-hybridized carbons (Fsp3) is 0.321. The van der Waals surface area contributed by atoms with Gasteiger partial charge in [-0.15, -0.1) is 23.1 Å². The minimum Gasteiger partial charge on any atom is -0.377 e. The number of unbranched alkanes of at least 4 members (excludes halogenated alkanes) is 2. The summed E-state index contributed by atoms with van der Waals surface area (Å²) in [5.41, 5.74) is 3.36. The summed E-state index contributed by atoms with van der Waals surface area (Å²) in [4.78, 5) is 9.88. The van der Waals surface area contributed by atoms with Gasteiger partial charge in [0.05, 0.1) is 10.6 Å². The number of sulfonamides is 1. The molecule has 9 heteroatoms. The molecule has 4 aromatic rings. The summed E-state index contributed by atoms with van der Waals surface area (Å²) in [6.07, 6.45) is 3.72. The lowest BCUT2D eigenvalue weighted by molar-refractivity contribution is 0.576. The number of hydrogen-bond donors (Lipinski definition) is 2. The van der Waals surface area contributed by atoms with Crippen LogP contribution in [0.25, 0.3) is 22.0 Å². The average molecular weight is 553 g/mol. The third-order valence-electron chi connectivity index (χ3n) is 6.48. The fourth-order valence-corrected chi connectivity index (χ4v) is 8.09. The molecule has 0 amide bonds. The summed E-state index contributed by atoms with van der Waals surface area (Å²) in [6, 6.07) is 19.7. The summed E-state index contributed by atoms with van der Waals surface area (Å²) in [7, 11) is 0.338. The van der Waals surface area contributed by atoms with Crippen LogP contribution < -0.4 is 14.9 Å². The Morgan fingerprint density at radius 2 is 1.70 bits per heavy atom. The van der Waals surface area contributed by atoms with E-state index < -0.39 is 10.0 Å². The molecule has 5 rings (SSSR count). The van der Waals surface area contributed by atoms with Gasteiger partial charge in [0, 0.05) is 64.7 Å². The molecule has 1 aromatic heterocycles. The maximum absolute atomic E-state index is 13.1. The summed E-state index contributed by atoms with van der Waals surface area (Å²) < 4.78 is 28.9. The van der Waals surface area contributed by atoms with Gasteiger partial charge in [-0.3, -0.25) is 0 Å². The number of aromatic nitrogens is 1. The topological polar surface area (TPSA) is 74.3 Å². The molecule has 0 atom stereocenters. The molecular formula is C28H32N4O2S3. The summed E-state index contributed by atoms with van der Waals surface area (Å²) >= 11 is 3.66. The second-order valence-electron chi connectivity index (χ2n) is 9.29. The first-order valence-corrected chi connectivity index (χ1v) is 15.9. The number of benzene rings is 3. The molecule has 194 valence electrons. The van der Waals surface area contributed by atoms with Crippen LogP contribution in [-0.2, 0) is 16.4 Å². The molecule has 0 aliphatic carbocycles. The zero-order chi connectivity index (χ0) is 25.8. The van der Waals surface area contributed by atoms with Crippen LogP contribution >= 0.6 is 23.1 Å². The zero-order valence-electron chi connectivity index (χ0n) is 21.2. The average Bonchev–Trinajstić information content (AvgIpc) is 3.22. The summed E-state index contributed by atoms with van der Waals surface area (Å²) in [5, 5.41) is 6.13. The van der Waals surface area contributed by atoms with Crippen LogP contribution in [0.3, 0.4) is 0 Å². The first kappa shape index (κ1) is 26.0. The minimum absolute atomic E-state index is 0.332. The molecular weight excluding hydrogens is 521 g/mol. The normalized spacial score (nSPS) is 13.1. The monoisotopic (exact) mass is 552 g/mol. The van der Waals surface area contributed by atoms with Crippen molar-refractivity contribution >= 4 is 54.7 Å². The van der Waals surface area contributed by atoms with Crippen molar-refractivity contribution in [3.63, 3.8) is 0 Å². The van der Waals surface area contributed by atoms with Crippen molar-refractivity contribution in [3.05, 3.63) is 65.5 Å². The van der Waals surface area contributed by atoms with E-state index in [1.165, 1.54) is 15.3 Å². The van der Waals surface area contributed by atoms with Crippen LogP contribution in [0, 0.1) is 0 Å². The van der Waals surface area contributed by atoms with Gasteiger partial charge >= 0.3 is 0 Å². The zero-order valence-corrected chi connectivity index (χ0v) is 23.6. The highest BCUT2D eigenvalue weighted by molar-refractivity contribution is 7.99. The van der Waals surface area contributed by atoms with Gasteiger partial charge in [-0.05, 0) is 37.5 Å². The Balaban J connectivity index is 1.12. The molecule has 0 saturated carbocycles. The molecule has 2 heterocycles. The van der Waals surface area contributed by atoms with Crippen molar-refractivity contribution in [1.82, 2.24) is 9.71 Å². The summed E-state index contributed by atoms with van der Waals surface area (Å²) in [5.74, 6) is 1.08. The lowest BCUT2D eigenvalue weighted by atomic mass is 10.1. The third-order valence-corrected chi connectivity index (χ3v) is 10.1. The molecule has 0 unspecified atom stereocenters. The van der Waals surface area contributed by atoms with Gasteiger partial charge < -0.3 is 10.2 Å². The second kappa shape index (κ2) is 11.4. The number of nitrogens with one attached hydrogen (secondary N) is 2. The maximum Gasteiger partial charge on any atom is 0.241 e. The van der Waals surface area contributed by atoms with Crippen LogP contribution in [0.1, 0.15) is 24.1 Å². The van der Waals surface area contributed by atoms with Crippen molar-refractivity contribution in [2.45, 2.75) is 35.5 Å². The van der Waals surface area contributed by atoms with E-state index >= 15 is 0 Å². The first-order valence-electron chi connectivity index (χ1n) is 12.6. The molecule has 0 fully saturated rings. The first-order chi connectivity index (χ1) is 17.9. The third kappa shape index (κ3) is 5.80. The van der Waals surface area contributed by atoms with E-state index in [0.717, 1.165) is 65.3 Å². The Morgan fingerprint density at radius 1 is 0.919 bits per heavy atom. The Hall–Kier alpha value is -2.59. The number of aryl methyl sites for hydroxylation is 1. The van der Waals surface area contributed by atoms with E-state index in [9.17, 15) is 8.42 Å². The number of hydrogen-bond acceptors (Lipinski definition) is 7. The van der Waals surface area contributed by atoms with Crippen LogP contribution in [-0.4, -0.2) is 46.3 Å². The maximum atomic E-state index is 13.1. The highest BCUT2D eigenvalue weighted by Gasteiger charge is 2.20. The SMILES string of the molecule is CN(C)c1cccc2c(S(=O)(=O)NCCCCCNc3nc4c(s3)CCSc3ccccc3-4)cccc12. The van der Waals surface area contributed by atoms with E-state index in [0.29, 0.717) is 11.4 Å². The van der Waals surface area contributed by atoms with Crippen LogP contribution in [0.15, 0.2) is 70.5 Å². The molecule has 0 spiro atoms. The Kier molecular flexibility index (Phi) is 8.04. The largest absolute Gasteiger partial charge is 0.377 e. The van der Waals surface area contributed by atoms with E-state index in [-0.39, 0.29) is 0 Å². The lowest BCUT2D eigenvalue weighted by Gasteiger charge is -2.17. The Labute approximate surface area is 227 Å². The van der Waals surface area contributed by atoms with E-state index in [4.69, 9.17) is 4.98 Å². The van der Waals surface area contributed by atoms with Crippen molar-refractivity contribution in [1.29, 1.82) is 0 Å². The molecule has 1 aliphatic rings. The molecule has 1 aliphatic heterocycles. The fourth-order valence-electron chi connectivity index (χ4n) is 4.64. The van der Waals surface area contributed by atoms with Crippen molar-refractivity contribution in [2.75, 3.05) is 43.2 Å². The van der Waals surface area contributed by atoms with Gasteiger partial charge in [-0.1, -0.05) is 48.9 Å². The van der Waals surface area contributed by atoms with Crippen LogP contribution in [0.5, 0.6) is 0 Å². The van der Waals surface area contributed by atoms with Gasteiger partial charge in [0.2, 0.25) is 10.0 Å².